The van der Waals surface area contributed by atoms with Crippen LogP contribution in [0.1, 0.15) is 31.2 Å². The summed E-state index contributed by atoms with van der Waals surface area (Å²) in [7, 11) is 0. The summed E-state index contributed by atoms with van der Waals surface area (Å²) in [6.45, 7) is 2.95. The largest absolute Gasteiger partial charge is 0.494 e. The van der Waals surface area contributed by atoms with Crippen molar-refractivity contribution in [2.24, 2.45) is 5.92 Å². The number of rotatable bonds is 7. The lowest BCUT2D eigenvalue weighted by Crippen LogP contribution is -2.33. The first-order chi connectivity index (χ1) is 12.6. The molecule has 2 atom stereocenters. The van der Waals surface area contributed by atoms with Crippen molar-refractivity contribution >= 4 is 27.5 Å². The topological polar surface area (TPSA) is 53.3 Å². The Hall–Kier alpha value is -2.32. The molecule has 2 aromatic carbocycles. The Labute approximate surface area is 162 Å². The lowest BCUT2D eigenvalue weighted by atomic mass is 10.1. The molecule has 0 aromatic heterocycles. The van der Waals surface area contributed by atoms with E-state index in [0.29, 0.717) is 19.6 Å². The number of carbonyl (C=O) groups excluding carboxylic acids is 1. The van der Waals surface area contributed by atoms with Crippen LogP contribution in [0.4, 0.5) is 5.69 Å². The molecule has 134 valence electrons. The minimum Gasteiger partial charge on any atom is -0.494 e. The first-order valence-corrected chi connectivity index (χ1v) is 9.60. The van der Waals surface area contributed by atoms with Crippen LogP contribution in [0, 0.1) is 17.2 Å². The van der Waals surface area contributed by atoms with Crippen molar-refractivity contribution in [2.45, 2.75) is 25.7 Å². The zero-order chi connectivity index (χ0) is 18.5. The van der Waals surface area contributed by atoms with Gasteiger partial charge in [-0.25, -0.2) is 0 Å². The van der Waals surface area contributed by atoms with Gasteiger partial charge in [0, 0.05) is 22.6 Å². The van der Waals surface area contributed by atoms with E-state index in [2.05, 4.69) is 34.1 Å². The highest BCUT2D eigenvalue weighted by Crippen LogP contribution is 2.49. The predicted octanol–water partition coefficient (Wildman–Crippen LogP) is 4.90. The van der Waals surface area contributed by atoms with Gasteiger partial charge < -0.3 is 9.64 Å². The van der Waals surface area contributed by atoms with E-state index in [9.17, 15) is 4.79 Å². The Morgan fingerprint density at radius 2 is 2.08 bits per heavy atom. The Balaban J connectivity index is 1.75. The molecule has 1 aliphatic rings. The van der Waals surface area contributed by atoms with E-state index in [4.69, 9.17) is 10.00 Å². The van der Waals surface area contributed by atoms with Crippen LogP contribution in [0.3, 0.4) is 0 Å². The van der Waals surface area contributed by atoms with Gasteiger partial charge in [-0.05, 0) is 61.2 Å². The summed E-state index contributed by atoms with van der Waals surface area (Å²) in [6, 6.07) is 17.8. The van der Waals surface area contributed by atoms with Crippen molar-refractivity contribution in [3.05, 3.63) is 58.6 Å². The van der Waals surface area contributed by atoms with Gasteiger partial charge in [0.2, 0.25) is 5.91 Å². The minimum atomic E-state index is -0.0189. The minimum absolute atomic E-state index is 0.0189. The van der Waals surface area contributed by atoms with E-state index >= 15 is 0 Å². The number of amides is 1. The number of ether oxygens (including phenoxy) is 1. The molecule has 0 heterocycles. The first kappa shape index (κ1) is 18.5. The number of halogens is 1. The van der Waals surface area contributed by atoms with E-state index in [1.165, 1.54) is 5.56 Å². The molecule has 1 fully saturated rings. The van der Waals surface area contributed by atoms with Crippen molar-refractivity contribution in [3.63, 3.8) is 0 Å². The zero-order valence-corrected chi connectivity index (χ0v) is 16.3. The molecule has 1 saturated carbocycles. The maximum absolute atomic E-state index is 13.1. The fourth-order valence-electron chi connectivity index (χ4n) is 3.19. The van der Waals surface area contributed by atoms with Gasteiger partial charge >= 0.3 is 0 Å². The highest BCUT2D eigenvalue weighted by molar-refractivity contribution is 9.10. The summed E-state index contributed by atoms with van der Waals surface area (Å²) >= 11 is 3.49. The van der Waals surface area contributed by atoms with Crippen molar-refractivity contribution in [1.29, 1.82) is 5.26 Å². The number of nitriles is 1. The molecule has 0 saturated heterocycles. The summed E-state index contributed by atoms with van der Waals surface area (Å²) in [5, 5.41) is 8.96. The van der Waals surface area contributed by atoms with Crippen molar-refractivity contribution in [3.8, 4) is 11.8 Å². The lowest BCUT2D eigenvalue weighted by Gasteiger charge is -2.22. The molecule has 2 unspecified atom stereocenters. The van der Waals surface area contributed by atoms with Gasteiger partial charge in [0.15, 0.2) is 0 Å². The number of nitrogens with zero attached hydrogens (tertiary/aromatic N) is 2. The maximum Gasteiger partial charge on any atom is 0.230 e. The highest BCUT2D eigenvalue weighted by Gasteiger charge is 2.46. The van der Waals surface area contributed by atoms with Crippen LogP contribution in [0.15, 0.2) is 53.0 Å². The number of anilines is 1. The molecule has 4 nitrogen and oxygen atoms in total. The number of hydrogen-bond acceptors (Lipinski definition) is 3. The quantitative estimate of drug-likeness (QED) is 0.649. The van der Waals surface area contributed by atoms with E-state index in [1.807, 2.05) is 43.3 Å². The standard InChI is InChI=1S/C21H21BrN2O2/c1-2-26-18-9-7-17(8-10-18)24(12-4-11-23)21(25)20-14-19(20)15-5-3-6-16(22)13-15/h3,5-10,13,19-20H,2,4,12,14H2,1H3. The second kappa shape index (κ2) is 8.37. The van der Waals surface area contributed by atoms with Gasteiger partial charge in [-0.15, -0.1) is 0 Å². The van der Waals surface area contributed by atoms with Gasteiger partial charge in [-0.2, -0.15) is 5.26 Å². The second-order valence-electron chi connectivity index (χ2n) is 6.33. The van der Waals surface area contributed by atoms with Crippen molar-refractivity contribution < 1.29 is 9.53 Å². The number of carbonyl (C=O) groups is 1. The average molecular weight is 413 g/mol. The Morgan fingerprint density at radius 1 is 1.31 bits per heavy atom. The molecule has 0 aliphatic heterocycles. The number of benzene rings is 2. The molecule has 26 heavy (non-hydrogen) atoms. The Kier molecular flexibility index (Phi) is 5.95. The molecule has 0 spiro atoms. The van der Waals surface area contributed by atoms with Gasteiger partial charge in [-0.1, -0.05) is 28.1 Å². The lowest BCUT2D eigenvalue weighted by molar-refractivity contribution is -0.119. The molecule has 1 amide bonds. The summed E-state index contributed by atoms with van der Waals surface area (Å²) in [5.41, 5.74) is 2.00. The van der Waals surface area contributed by atoms with Gasteiger partial charge in [0.1, 0.15) is 5.75 Å². The highest BCUT2D eigenvalue weighted by atomic mass is 79.9. The molecule has 2 aromatic rings. The first-order valence-electron chi connectivity index (χ1n) is 8.80. The maximum atomic E-state index is 13.1. The number of hydrogen-bond donors (Lipinski definition) is 0. The molecule has 0 N–H and O–H groups in total. The summed E-state index contributed by atoms with van der Waals surface area (Å²) < 4.78 is 6.50. The second-order valence-corrected chi connectivity index (χ2v) is 7.24. The molecule has 5 heteroatoms. The van der Waals surface area contributed by atoms with E-state index < -0.39 is 0 Å². The van der Waals surface area contributed by atoms with Crippen molar-refractivity contribution in [1.82, 2.24) is 0 Å². The third kappa shape index (κ3) is 4.25. The average Bonchev–Trinajstić information content (AvgIpc) is 3.44. The van der Waals surface area contributed by atoms with Gasteiger partial charge in [0.25, 0.3) is 0 Å². The molecule has 3 rings (SSSR count). The normalized spacial score (nSPS) is 18.0. The zero-order valence-electron chi connectivity index (χ0n) is 14.7. The smallest absolute Gasteiger partial charge is 0.230 e. The van der Waals surface area contributed by atoms with Crippen molar-refractivity contribution in [2.75, 3.05) is 18.1 Å². The van der Waals surface area contributed by atoms with E-state index in [0.717, 1.165) is 22.3 Å². The van der Waals surface area contributed by atoms with Crippen LogP contribution < -0.4 is 9.64 Å². The summed E-state index contributed by atoms with van der Waals surface area (Å²) in [6.07, 6.45) is 1.17. The Morgan fingerprint density at radius 3 is 2.73 bits per heavy atom. The molecular weight excluding hydrogens is 392 g/mol. The van der Waals surface area contributed by atoms with Crippen LogP contribution in [0.25, 0.3) is 0 Å². The molecule has 0 radical (unpaired) electrons. The molecule has 1 aliphatic carbocycles. The summed E-state index contributed by atoms with van der Waals surface area (Å²) in [5.74, 6) is 1.11. The SMILES string of the molecule is CCOc1ccc(N(CCC#N)C(=O)C2CC2c2cccc(Br)c2)cc1. The molecular formula is C21H21BrN2O2. The van der Waals surface area contributed by atoms with Crippen LogP contribution in [0.5, 0.6) is 5.75 Å². The predicted molar refractivity (Wildman–Crippen MR) is 105 cm³/mol. The fraction of sp³-hybridized carbons (Fsp3) is 0.333. The van der Waals surface area contributed by atoms with E-state index in [1.54, 1.807) is 4.90 Å². The van der Waals surface area contributed by atoms with Crippen LogP contribution in [0.2, 0.25) is 0 Å². The monoisotopic (exact) mass is 412 g/mol. The van der Waals surface area contributed by atoms with Crippen LogP contribution in [-0.2, 0) is 4.79 Å². The fourth-order valence-corrected chi connectivity index (χ4v) is 3.61. The van der Waals surface area contributed by atoms with Crippen LogP contribution >= 0.6 is 15.9 Å². The van der Waals surface area contributed by atoms with E-state index in [-0.39, 0.29) is 17.7 Å². The van der Waals surface area contributed by atoms with Crippen LogP contribution in [-0.4, -0.2) is 19.1 Å². The summed E-state index contributed by atoms with van der Waals surface area (Å²) in [4.78, 5) is 14.8. The third-order valence-electron chi connectivity index (χ3n) is 4.56. The van der Waals surface area contributed by atoms with Gasteiger partial charge in [-0.3, -0.25) is 4.79 Å². The van der Waals surface area contributed by atoms with Gasteiger partial charge in [0.05, 0.1) is 19.1 Å². The Bertz CT molecular complexity index is 814. The molecule has 0 bridgehead atoms. The third-order valence-corrected chi connectivity index (χ3v) is 5.05.